The number of hydrogen-bond donors (Lipinski definition) is 2. The fourth-order valence-electron chi connectivity index (χ4n) is 2.47. The summed E-state index contributed by atoms with van der Waals surface area (Å²) in [6, 6.07) is 7.73. The molecule has 3 rings (SSSR count). The van der Waals surface area contributed by atoms with Crippen LogP contribution < -0.4 is 15.4 Å². The zero-order valence-corrected chi connectivity index (χ0v) is 19.1. The molecule has 1 fully saturated rings. The molecule has 2 N–H and O–H groups in total. The molecule has 1 aliphatic rings. The Labute approximate surface area is 188 Å². The van der Waals surface area contributed by atoms with Crippen molar-refractivity contribution in [3.8, 4) is 5.88 Å². The summed E-state index contributed by atoms with van der Waals surface area (Å²) in [6.45, 7) is 4.96. The van der Waals surface area contributed by atoms with Gasteiger partial charge in [-0.05, 0) is 49.3 Å². The minimum atomic E-state index is 0. The van der Waals surface area contributed by atoms with Crippen LogP contribution >= 0.6 is 35.6 Å². The normalized spacial score (nSPS) is 13.6. The molecule has 0 spiro atoms. The first-order valence-corrected chi connectivity index (χ1v) is 9.81. The van der Waals surface area contributed by atoms with Crippen molar-refractivity contribution in [1.29, 1.82) is 0 Å². The zero-order valence-electron chi connectivity index (χ0n) is 16.0. The van der Waals surface area contributed by atoms with Gasteiger partial charge in [-0.15, -0.1) is 24.0 Å². The average molecular weight is 516 g/mol. The second-order valence-corrected chi connectivity index (χ2v) is 7.01. The van der Waals surface area contributed by atoms with Crippen LogP contribution in [-0.4, -0.2) is 35.6 Å². The Hall–Kier alpha value is -1.61. The average Bonchev–Trinajstić information content (AvgIpc) is 3.51. The van der Waals surface area contributed by atoms with Crippen LogP contribution in [0.25, 0.3) is 0 Å². The molecule has 8 heteroatoms. The van der Waals surface area contributed by atoms with E-state index >= 15 is 0 Å². The largest absolute Gasteiger partial charge is 0.477 e. The molecular weight excluding hydrogens is 489 g/mol. The summed E-state index contributed by atoms with van der Waals surface area (Å²) >= 11 is 5.81. The minimum absolute atomic E-state index is 0. The monoisotopic (exact) mass is 515 g/mol. The van der Waals surface area contributed by atoms with Gasteiger partial charge in [0.2, 0.25) is 5.88 Å². The Balaban J connectivity index is 0.00000280. The molecule has 2 aromatic rings. The molecule has 0 amide bonds. The number of aliphatic imine (C=N–C) groups is 1. The molecular formula is C20H27ClIN5O. The van der Waals surface area contributed by atoms with Gasteiger partial charge in [-0.2, -0.15) is 0 Å². The number of rotatable bonds is 9. The van der Waals surface area contributed by atoms with Crippen LogP contribution in [-0.2, 0) is 13.0 Å². The first-order valence-electron chi connectivity index (χ1n) is 9.43. The Bertz CT molecular complexity index is 735. The fourth-order valence-corrected chi connectivity index (χ4v) is 2.58. The Morgan fingerprint density at radius 3 is 2.57 bits per heavy atom. The highest BCUT2D eigenvalue weighted by molar-refractivity contribution is 14.0. The van der Waals surface area contributed by atoms with Gasteiger partial charge in [0.1, 0.15) is 5.15 Å². The molecule has 28 heavy (non-hydrogen) atoms. The van der Waals surface area contributed by atoms with Crippen LogP contribution in [0.3, 0.4) is 0 Å². The van der Waals surface area contributed by atoms with Gasteiger partial charge >= 0.3 is 0 Å². The van der Waals surface area contributed by atoms with Crippen molar-refractivity contribution in [1.82, 2.24) is 20.6 Å². The molecule has 0 aromatic carbocycles. The van der Waals surface area contributed by atoms with Gasteiger partial charge < -0.3 is 15.4 Å². The van der Waals surface area contributed by atoms with Crippen molar-refractivity contribution >= 4 is 41.5 Å². The van der Waals surface area contributed by atoms with E-state index in [9.17, 15) is 0 Å². The van der Waals surface area contributed by atoms with Crippen LogP contribution in [0.1, 0.15) is 30.9 Å². The molecule has 0 bridgehead atoms. The summed E-state index contributed by atoms with van der Waals surface area (Å²) in [5.74, 6) is 2.21. The van der Waals surface area contributed by atoms with E-state index in [1.54, 1.807) is 12.3 Å². The van der Waals surface area contributed by atoms with Crippen LogP contribution in [0.15, 0.2) is 41.7 Å². The van der Waals surface area contributed by atoms with Gasteiger partial charge in [-0.3, -0.25) is 0 Å². The summed E-state index contributed by atoms with van der Waals surface area (Å²) in [5, 5.41) is 7.11. The van der Waals surface area contributed by atoms with Crippen molar-refractivity contribution in [3.63, 3.8) is 0 Å². The predicted octanol–water partition coefficient (Wildman–Crippen LogP) is 3.83. The predicted molar refractivity (Wildman–Crippen MR) is 124 cm³/mol. The van der Waals surface area contributed by atoms with Crippen molar-refractivity contribution in [2.24, 2.45) is 10.9 Å². The lowest BCUT2D eigenvalue weighted by Crippen LogP contribution is -2.38. The van der Waals surface area contributed by atoms with E-state index < -0.39 is 0 Å². The molecule has 0 atom stereocenters. The molecule has 0 saturated heterocycles. The lowest BCUT2D eigenvalue weighted by atomic mass is 10.2. The summed E-state index contributed by atoms with van der Waals surface area (Å²) < 4.78 is 5.67. The van der Waals surface area contributed by atoms with Gasteiger partial charge in [0.25, 0.3) is 0 Å². The lowest BCUT2D eigenvalue weighted by Gasteiger charge is -2.11. The maximum absolute atomic E-state index is 5.81. The van der Waals surface area contributed by atoms with Gasteiger partial charge in [-0.1, -0.05) is 23.7 Å². The first-order chi connectivity index (χ1) is 13.2. The highest BCUT2D eigenvalue weighted by Crippen LogP contribution is 2.29. The summed E-state index contributed by atoms with van der Waals surface area (Å²) in [5.41, 5.74) is 2.18. The first kappa shape index (κ1) is 22.7. The van der Waals surface area contributed by atoms with Crippen LogP contribution in [0, 0.1) is 5.92 Å². The smallest absolute Gasteiger partial charge is 0.213 e. The molecule has 152 valence electrons. The molecule has 6 nitrogen and oxygen atoms in total. The Morgan fingerprint density at radius 2 is 1.93 bits per heavy atom. The third kappa shape index (κ3) is 8.18. The minimum Gasteiger partial charge on any atom is -0.477 e. The number of ether oxygens (including phenoxy) is 1. The molecule has 1 aliphatic carbocycles. The molecule has 0 unspecified atom stereocenters. The number of aromatic nitrogens is 2. The number of nitrogens with one attached hydrogen (secondary N) is 2. The van der Waals surface area contributed by atoms with Crippen LogP contribution in [0.2, 0.25) is 5.15 Å². The van der Waals surface area contributed by atoms with Crippen LogP contribution in [0.5, 0.6) is 5.88 Å². The molecule has 2 aromatic heterocycles. The highest BCUT2D eigenvalue weighted by Gasteiger charge is 2.21. The second kappa shape index (κ2) is 12.1. The maximum atomic E-state index is 5.81. The van der Waals surface area contributed by atoms with E-state index in [1.165, 1.54) is 12.8 Å². The third-order valence-electron chi connectivity index (χ3n) is 4.22. The van der Waals surface area contributed by atoms with Gasteiger partial charge in [0, 0.05) is 31.5 Å². The number of hydrogen-bond acceptors (Lipinski definition) is 4. The number of guanidine groups is 1. The number of nitrogens with zero attached hydrogens (tertiary/aromatic N) is 3. The van der Waals surface area contributed by atoms with Crippen molar-refractivity contribution in [3.05, 3.63) is 52.9 Å². The highest BCUT2D eigenvalue weighted by atomic mass is 127. The topological polar surface area (TPSA) is 71.4 Å². The van der Waals surface area contributed by atoms with Crippen LogP contribution in [0.4, 0.5) is 0 Å². The zero-order chi connectivity index (χ0) is 18.9. The molecule has 0 aliphatic heterocycles. The second-order valence-electron chi connectivity index (χ2n) is 6.62. The Morgan fingerprint density at radius 1 is 1.14 bits per heavy atom. The SMILES string of the molecule is CCNC(=NCc1ccc(OCC2CC2)nc1)NCCc1ccc(Cl)nc1.I. The van der Waals surface area contributed by atoms with E-state index in [1.807, 2.05) is 31.3 Å². The summed E-state index contributed by atoms with van der Waals surface area (Å²) in [6.07, 6.45) is 7.04. The van der Waals surface area contributed by atoms with E-state index in [2.05, 4.69) is 25.6 Å². The number of pyridine rings is 2. The molecule has 0 radical (unpaired) electrons. The van der Waals surface area contributed by atoms with E-state index in [0.29, 0.717) is 17.6 Å². The van der Waals surface area contributed by atoms with Gasteiger partial charge in [0.15, 0.2) is 5.96 Å². The fraction of sp³-hybridized carbons (Fsp3) is 0.450. The number of halogens is 2. The maximum Gasteiger partial charge on any atom is 0.213 e. The van der Waals surface area contributed by atoms with Gasteiger partial charge in [0.05, 0.1) is 13.2 Å². The Kier molecular flexibility index (Phi) is 9.77. The standard InChI is InChI=1S/C20H26ClN5O.HI/c1-2-22-20(23-10-9-15-5-7-18(21)24-11-15)26-13-17-6-8-19(25-12-17)27-14-16-3-4-16;/h5-8,11-12,16H,2-4,9-10,13-14H2,1H3,(H2,22,23,26);1H. The van der Waals surface area contributed by atoms with Crippen molar-refractivity contribution in [2.45, 2.75) is 32.7 Å². The van der Waals surface area contributed by atoms with Crippen molar-refractivity contribution < 1.29 is 4.74 Å². The molecule has 1 saturated carbocycles. The quantitative estimate of drug-likeness (QED) is 0.230. The molecule has 2 heterocycles. The summed E-state index contributed by atoms with van der Waals surface area (Å²) in [4.78, 5) is 13.1. The summed E-state index contributed by atoms with van der Waals surface area (Å²) in [7, 11) is 0. The third-order valence-corrected chi connectivity index (χ3v) is 4.44. The lowest BCUT2D eigenvalue weighted by molar-refractivity contribution is 0.288. The van der Waals surface area contributed by atoms with E-state index in [0.717, 1.165) is 49.1 Å². The van der Waals surface area contributed by atoms with Crippen molar-refractivity contribution in [2.75, 3.05) is 19.7 Å². The van der Waals surface area contributed by atoms with Gasteiger partial charge in [-0.25, -0.2) is 15.0 Å². The van der Waals surface area contributed by atoms with E-state index in [-0.39, 0.29) is 24.0 Å². The van der Waals surface area contributed by atoms with E-state index in [4.69, 9.17) is 16.3 Å².